The molecule has 3 rings (SSSR count). The van der Waals surface area contributed by atoms with Crippen molar-refractivity contribution < 1.29 is 0 Å². The first-order valence-electron chi connectivity index (χ1n) is 6.37. The average molecular weight is 216 g/mol. The van der Waals surface area contributed by atoms with Crippen LogP contribution in [0.4, 0.5) is 0 Å². The summed E-state index contributed by atoms with van der Waals surface area (Å²) in [5.74, 6) is 0. The molecule has 0 atom stereocenters. The van der Waals surface area contributed by atoms with E-state index in [1.165, 1.54) is 44.3 Å². The van der Waals surface area contributed by atoms with Gasteiger partial charge in [0.05, 0.1) is 0 Å². The SMILES string of the molecule is NCc1ccc2c(c1)C1(CCNCC1)CC2. The van der Waals surface area contributed by atoms with Gasteiger partial charge in [0.2, 0.25) is 0 Å². The molecule has 1 aromatic carbocycles. The first-order valence-corrected chi connectivity index (χ1v) is 6.37. The van der Waals surface area contributed by atoms with Crippen LogP contribution >= 0.6 is 0 Å². The summed E-state index contributed by atoms with van der Waals surface area (Å²) in [5, 5.41) is 3.47. The number of aryl methyl sites for hydroxylation is 1. The third kappa shape index (κ3) is 1.48. The first-order chi connectivity index (χ1) is 7.84. The number of nitrogens with one attached hydrogen (secondary N) is 1. The number of hydrogen-bond acceptors (Lipinski definition) is 2. The molecule has 16 heavy (non-hydrogen) atoms. The van der Waals surface area contributed by atoms with Crippen LogP contribution in [0, 0.1) is 0 Å². The minimum Gasteiger partial charge on any atom is -0.326 e. The van der Waals surface area contributed by atoms with E-state index in [1.807, 2.05) is 0 Å². The molecule has 1 aromatic rings. The summed E-state index contributed by atoms with van der Waals surface area (Å²) >= 11 is 0. The summed E-state index contributed by atoms with van der Waals surface area (Å²) < 4.78 is 0. The van der Waals surface area contributed by atoms with Gasteiger partial charge in [-0.3, -0.25) is 0 Å². The van der Waals surface area contributed by atoms with Gasteiger partial charge in [0, 0.05) is 6.54 Å². The Labute approximate surface area is 97.2 Å². The van der Waals surface area contributed by atoms with E-state index in [0.717, 1.165) is 0 Å². The van der Waals surface area contributed by atoms with Crippen LogP contribution in [0.1, 0.15) is 36.0 Å². The smallest absolute Gasteiger partial charge is 0.0178 e. The van der Waals surface area contributed by atoms with Crippen LogP contribution in [0.25, 0.3) is 0 Å². The van der Waals surface area contributed by atoms with Gasteiger partial charge in [-0.1, -0.05) is 18.2 Å². The Balaban J connectivity index is 2.02. The van der Waals surface area contributed by atoms with Gasteiger partial charge in [-0.15, -0.1) is 0 Å². The molecule has 2 aliphatic rings. The highest BCUT2D eigenvalue weighted by Crippen LogP contribution is 2.45. The minimum atomic E-state index is 0.478. The van der Waals surface area contributed by atoms with Gasteiger partial charge in [-0.25, -0.2) is 0 Å². The van der Waals surface area contributed by atoms with Crippen molar-refractivity contribution in [1.29, 1.82) is 0 Å². The second-order valence-corrected chi connectivity index (χ2v) is 5.23. The lowest BCUT2D eigenvalue weighted by atomic mass is 9.74. The Bertz CT molecular complexity index is 386. The quantitative estimate of drug-likeness (QED) is 0.750. The zero-order valence-corrected chi connectivity index (χ0v) is 9.76. The van der Waals surface area contributed by atoms with Crippen molar-refractivity contribution in [3.8, 4) is 0 Å². The zero-order valence-electron chi connectivity index (χ0n) is 9.76. The molecule has 0 amide bonds. The lowest BCUT2D eigenvalue weighted by Crippen LogP contribution is -2.38. The topological polar surface area (TPSA) is 38.0 Å². The van der Waals surface area contributed by atoms with Crippen LogP contribution < -0.4 is 11.1 Å². The Morgan fingerprint density at radius 2 is 2.00 bits per heavy atom. The molecule has 0 bridgehead atoms. The lowest BCUT2D eigenvalue weighted by Gasteiger charge is -2.35. The van der Waals surface area contributed by atoms with Crippen molar-refractivity contribution in [1.82, 2.24) is 5.32 Å². The Morgan fingerprint density at radius 1 is 1.19 bits per heavy atom. The monoisotopic (exact) mass is 216 g/mol. The molecule has 2 nitrogen and oxygen atoms in total. The summed E-state index contributed by atoms with van der Waals surface area (Å²) in [6, 6.07) is 6.86. The standard InChI is InChI=1S/C14H20N2/c15-10-11-1-2-12-3-4-14(13(12)9-11)5-7-16-8-6-14/h1-2,9,16H,3-8,10,15H2. The molecular formula is C14H20N2. The van der Waals surface area contributed by atoms with Crippen molar-refractivity contribution in [2.24, 2.45) is 5.73 Å². The van der Waals surface area contributed by atoms with Crippen molar-refractivity contribution >= 4 is 0 Å². The number of fused-ring (bicyclic) bond motifs is 2. The molecule has 0 unspecified atom stereocenters. The largest absolute Gasteiger partial charge is 0.326 e. The second-order valence-electron chi connectivity index (χ2n) is 5.23. The maximum atomic E-state index is 5.75. The predicted octanol–water partition coefficient (Wildman–Crippen LogP) is 1.71. The third-order valence-electron chi connectivity index (χ3n) is 4.41. The third-order valence-corrected chi connectivity index (χ3v) is 4.41. The molecule has 1 saturated heterocycles. The van der Waals surface area contributed by atoms with Crippen LogP contribution in [-0.2, 0) is 18.4 Å². The summed E-state index contributed by atoms with van der Waals surface area (Å²) in [6.45, 7) is 3.01. The fraction of sp³-hybridized carbons (Fsp3) is 0.571. The normalized spacial score (nSPS) is 22.3. The van der Waals surface area contributed by atoms with E-state index >= 15 is 0 Å². The van der Waals surface area contributed by atoms with E-state index in [2.05, 4.69) is 23.5 Å². The number of piperidine rings is 1. The Kier molecular flexibility index (Phi) is 2.49. The minimum absolute atomic E-state index is 0.478. The van der Waals surface area contributed by atoms with Gasteiger partial charge in [0.15, 0.2) is 0 Å². The zero-order chi connectivity index (χ0) is 11.0. The number of hydrogen-bond donors (Lipinski definition) is 2. The fourth-order valence-electron chi connectivity index (χ4n) is 3.40. The van der Waals surface area contributed by atoms with Crippen molar-refractivity contribution in [3.05, 3.63) is 34.9 Å². The molecule has 2 heteroatoms. The van der Waals surface area contributed by atoms with Crippen LogP contribution in [-0.4, -0.2) is 13.1 Å². The molecule has 1 aliphatic heterocycles. The summed E-state index contributed by atoms with van der Waals surface area (Å²) in [7, 11) is 0. The van der Waals surface area contributed by atoms with E-state index < -0.39 is 0 Å². The molecule has 86 valence electrons. The Hall–Kier alpha value is -0.860. The molecule has 0 radical (unpaired) electrons. The van der Waals surface area contributed by atoms with Crippen LogP contribution in [0.3, 0.4) is 0 Å². The molecule has 1 fully saturated rings. The maximum Gasteiger partial charge on any atom is 0.0178 e. The van der Waals surface area contributed by atoms with Crippen molar-refractivity contribution in [3.63, 3.8) is 0 Å². The van der Waals surface area contributed by atoms with Crippen LogP contribution in [0.15, 0.2) is 18.2 Å². The van der Waals surface area contributed by atoms with Gasteiger partial charge in [-0.05, 0) is 60.9 Å². The highest BCUT2D eigenvalue weighted by Gasteiger charge is 2.39. The Morgan fingerprint density at radius 3 is 2.75 bits per heavy atom. The van der Waals surface area contributed by atoms with Gasteiger partial charge in [0.25, 0.3) is 0 Å². The molecule has 0 saturated carbocycles. The molecule has 3 N–H and O–H groups in total. The van der Waals surface area contributed by atoms with Gasteiger partial charge >= 0.3 is 0 Å². The second kappa shape index (κ2) is 3.86. The fourth-order valence-corrected chi connectivity index (χ4v) is 3.40. The molecule has 1 aliphatic carbocycles. The van der Waals surface area contributed by atoms with Gasteiger partial charge in [0.1, 0.15) is 0 Å². The molecular weight excluding hydrogens is 196 g/mol. The van der Waals surface area contributed by atoms with Crippen LogP contribution in [0.2, 0.25) is 0 Å². The predicted molar refractivity (Wildman–Crippen MR) is 66.4 cm³/mol. The number of rotatable bonds is 1. The summed E-state index contributed by atoms with van der Waals surface area (Å²) in [6.07, 6.45) is 5.21. The van der Waals surface area contributed by atoms with Crippen molar-refractivity contribution in [2.75, 3.05) is 13.1 Å². The molecule has 1 heterocycles. The summed E-state index contributed by atoms with van der Waals surface area (Å²) in [4.78, 5) is 0. The average Bonchev–Trinajstić information content (AvgIpc) is 2.69. The molecule has 1 spiro atoms. The maximum absolute atomic E-state index is 5.75. The van der Waals surface area contributed by atoms with E-state index in [1.54, 1.807) is 11.1 Å². The highest BCUT2D eigenvalue weighted by molar-refractivity contribution is 5.42. The van der Waals surface area contributed by atoms with E-state index in [0.29, 0.717) is 12.0 Å². The van der Waals surface area contributed by atoms with E-state index in [4.69, 9.17) is 5.73 Å². The van der Waals surface area contributed by atoms with Crippen molar-refractivity contribution in [2.45, 2.75) is 37.6 Å². The summed E-state index contributed by atoms with van der Waals surface area (Å²) in [5.41, 5.74) is 10.7. The lowest BCUT2D eigenvalue weighted by molar-refractivity contribution is 0.306. The van der Waals surface area contributed by atoms with Gasteiger partial charge in [-0.2, -0.15) is 0 Å². The molecule has 0 aromatic heterocycles. The first kappa shape index (κ1) is 10.3. The van der Waals surface area contributed by atoms with Crippen LogP contribution in [0.5, 0.6) is 0 Å². The van der Waals surface area contributed by atoms with E-state index in [9.17, 15) is 0 Å². The number of benzene rings is 1. The highest BCUT2D eigenvalue weighted by atomic mass is 14.9. The van der Waals surface area contributed by atoms with E-state index in [-0.39, 0.29) is 0 Å². The number of nitrogens with two attached hydrogens (primary N) is 1. The van der Waals surface area contributed by atoms with Gasteiger partial charge < -0.3 is 11.1 Å².